The van der Waals surface area contributed by atoms with Crippen molar-refractivity contribution in [1.82, 2.24) is 4.98 Å². The lowest BCUT2D eigenvalue weighted by molar-refractivity contribution is -0.160. The number of nitrogens with one attached hydrogen (secondary N) is 1. The fourth-order valence-corrected chi connectivity index (χ4v) is 4.86. The molecule has 3 heterocycles. The van der Waals surface area contributed by atoms with E-state index in [2.05, 4.69) is 10.3 Å². The Morgan fingerprint density at radius 2 is 2.03 bits per heavy atom. The van der Waals surface area contributed by atoms with Crippen LogP contribution in [0.2, 0.25) is 0 Å². The zero-order valence-electron chi connectivity index (χ0n) is 17.4. The fourth-order valence-electron chi connectivity index (χ4n) is 4.00. The average molecular weight is 431 g/mol. The normalized spacial score (nSPS) is 28.0. The maximum atomic E-state index is 12.8. The Kier molecular flexibility index (Phi) is 5.55. The van der Waals surface area contributed by atoms with Gasteiger partial charge in [-0.2, -0.15) is 0 Å². The van der Waals surface area contributed by atoms with Gasteiger partial charge in [-0.3, -0.25) is 9.59 Å². The fraction of sp³-hybridized carbons (Fsp3) is 0.500. The predicted molar refractivity (Wildman–Crippen MR) is 113 cm³/mol. The minimum atomic E-state index is -1.27. The number of cyclic esters (lactones) is 2. The molecule has 0 radical (unpaired) electrons. The zero-order chi connectivity index (χ0) is 21.4. The number of carbonyl (C=O) groups is 2. The molecule has 2 aromatic rings. The molecule has 1 aromatic carbocycles. The van der Waals surface area contributed by atoms with Crippen molar-refractivity contribution < 1.29 is 23.8 Å². The highest BCUT2D eigenvalue weighted by Crippen LogP contribution is 2.52. The first-order chi connectivity index (χ1) is 14.3. The van der Waals surface area contributed by atoms with E-state index in [1.807, 2.05) is 43.5 Å². The predicted octanol–water partition coefficient (Wildman–Crippen LogP) is 4.09. The van der Waals surface area contributed by atoms with Gasteiger partial charge in [-0.25, -0.2) is 4.98 Å². The Bertz CT molecular complexity index is 943. The molecule has 2 aliphatic rings. The highest BCUT2D eigenvalue weighted by Gasteiger charge is 2.65. The number of aromatic nitrogens is 1. The van der Waals surface area contributed by atoms with E-state index in [0.717, 1.165) is 12.1 Å². The lowest BCUT2D eigenvalue weighted by atomic mass is 9.78. The van der Waals surface area contributed by atoms with E-state index in [9.17, 15) is 9.59 Å². The summed E-state index contributed by atoms with van der Waals surface area (Å²) in [6.07, 6.45) is 0.959. The van der Waals surface area contributed by atoms with Crippen LogP contribution >= 0.6 is 11.3 Å². The Hall–Kier alpha value is -2.45. The smallest absolute Gasteiger partial charge is 0.324 e. The van der Waals surface area contributed by atoms with E-state index in [1.54, 1.807) is 6.92 Å². The van der Waals surface area contributed by atoms with Crippen LogP contribution in [0.5, 0.6) is 0 Å². The maximum absolute atomic E-state index is 12.8. The van der Waals surface area contributed by atoms with Gasteiger partial charge in [0.1, 0.15) is 6.10 Å². The second-order valence-electron chi connectivity index (χ2n) is 8.21. The number of anilines is 2. The number of esters is 2. The second-order valence-corrected chi connectivity index (χ2v) is 9.07. The largest absolute Gasteiger partial charge is 0.459 e. The van der Waals surface area contributed by atoms with Crippen molar-refractivity contribution in [3.8, 4) is 0 Å². The number of thiazole rings is 1. The molecular weight excluding hydrogens is 404 g/mol. The number of hydrogen-bond donors (Lipinski definition) is 1. The lowest BCUT2D eigenvalue weighted by Gasteiger charge is -2.20. The van der Waals surface area contributed by atoms with Gasteiger partial charge in [0.05, 0.1) is 12.3 Å². The van der Waals surface area contributed by atoms with Crippen molar-refractivity contribution in [3.63, 3.8) is 0 Å². The number of aryl methyl sites for hydroxylation is 1. The molecule has 0 saturated carbocycles. The van der Waals surface area contributed by atoms with Gasteiger partial charge < -0.3 is 19.5 Å². The van der Waals surface area contributed by atoms with Crippen LogP contribution in [-0.4, -0.2) is 36.2 Å². The van der Waals surface area contributed by atoms with Crippen LogP contribution in [0.1, 0.15) is 44.4 Å². The SMILES string of the molecule is CCCOC[C@H]1C[C@]2(C[C@@](C)(c3csc(Nc4ccc(C)cc4)n3)OC2=O)C(=O)O1. The van der Waals surface area contributed by atoms with Crippen LogP contribution in [0.15, 0.2) is 29.6 Å². The van der Waals surface area contributed by atoms with Gasteiger partial charge in [0.2, 0.25) is 0 Å². The first-order valence-electron chi connectivity index (χ1n) is 10.2. The third kappa shape index (κ3) is 3.81. The summed E-state index contributed by atoms with van der Waals surface area (Å²) in [6, 6.07) is 8.01. The van der Waals surface area contributed by atoms with Crippen molar-refractivity contribution >= 4 is 34.1 Å². The molecule has 0 unspecified atom stereocenters. The molecule has 1 spiro atoms. The van der Waals surface area contributed by atoms with Gasteiger partial charge in [-0.1, -0.05) is 24.6 Å². The topological polar surface area (TPSA) is 86.8 Å². The van der Waals surface area contributed by atoms with Gasteiger partial charge in [0.15, 0.2) is 16.1 Å². The van der Waals surface area contributed by atoms with Gasteiger partial charge in [-0.05, 0) is 32.4 Å². The summed E-state index contributed by atoms with van der Waals surface area (Å²) in [7, 11) is 0. The summed E-state index contributed by atoms with van der Waals surface area (Å²) in [5.74, 6) is -1.05. The van der Waals surface area contributed by atoms with Gasteiger partial charge in [0, 0.05) is 30.5 Å². The summed E-state index contributed by atoms with van der Waals surface area (Å²) < 4.78 is 16.7. The average Bonchev–Trinajstić information content (AvgIpc) is 3.36. The highest BCUT2D eigenvalue weighted by atomic mass is 32.1. The summed E-state index contributed by atoms with van der Waals surface area (Å²) in [4.78, 5) is 30.1. The number of nitrogens with zero attached hydrogens (tertiary/aromatic N) is 1. The molecular formula is C22H26N2O5S. The molecule has 4 rings (SSSR count). The lowest BCUT2D eigenvalue weighted by Crippen LogP contribution is -2.32. The Morgan fingerprint density at radius 1 is 1.27 bits per heavy atom. The van der Waals surface area contributed by atoms with Crippen molar-refractivity contribution in [1.29, 1.82) is 0 Å². The molecule has 0 amide bonds. The summed E-state index contributed by atoms with van der Waals surface area (Å²) in [5.41, 5.74) is 0.492. The minimum Gasteiger partial charge on any atom is -0.459 e. The van der Waals surface area contributed by atoms with Gasteiger partial charge in [-0.15, -0.1) is 11.3 Å². The van der Waals surface area contributed by atoms with E-state index in [4.69, 9.17) is 14.2 Å². The van der Waals surface area contributed by atoms with Crippen LogP contribution in [0, 0.1) is 12.3 Å². The van der Waals surface area contributed by atoms with E-state index in [1.165, 1.54) is 16.9 Å². The van der Waals surface area contributed by atoms with Crippen LogP contribution in [-0.2, 0) is 29.4 Å². The molecule has 0 aliphatic carbocycles. The molecule has 2 fully saturated rings. The standard InChI is InChI=1S/C22H26N2O5S/c1-4-9-27-11-16-10-22(18(25)28-16)13-21(3,29-19(22)26)17-12-30-20(24-17)23-15-7-5-14(2)6-8-15/h5-8,12,16H,4,9-11,13H2,1-3H3,(H,23,24)/t16-,21+,22+/m1/s1. The summed E-state index contributed by atoms with van der Waals surface area (Å²) in [6.45, 7) is 6.74. The minimum absolute atomic E-state index is 0.218. The first kappa shape index (κ1) is 20.8. The monoisotopic (exact) mass is 430 g/mol. The molecule has 1 aromatic heterocycles. The van der Waals surface area contributed by atoms with Crippen molar-refractivity contribution in [3.05, 3.63) is 40.9 Å². The molecule has 2 saturated heterocycles. The van der Waals surface area contributed by atoms with Gasteiger partial charge >= 0.3 is 11.9 Å². The third-order valence-electron chi connectivity index (χ3n) is 5.59. The van der Waals surface area contributed by atoms with Crippen LogP contribution in [0.25, 0.3) is 0 Å². The first-order valence-corrected chi connectivity index (χ1v) is 11.0. The molecule has 8 heteroatoms. The van der Waals surface area contributed by atoms with E-state index in [0.29, 0.717) is 24.0 Å². The zero-order valence-corrected chi connectivity index (χ0v) is 18.2. The quantitative estimate of drug-likeness (QED) is 0.402. The molecule has 0 bridgehead atoms. The number of carbonyl (C=O) groups excluding carboxylic acids is 2. The second kappa shape index (κ2) is 8.00. The van der Waals surface area contributed by atoms with Crippen molar-refractivity contribution in [2.75, 3.05) is 18.5 Å². The molecule has 30 heavy (non-hydrogen) atoms. The highest BCUT2D eigenvalue weighted by molar-refractivity contribution is 7.13. The maximum Gasteiger partial charge on any atom is 0.324 e. The van der Waals surface area contributed by atoms with E-state index >= 15 is 0 Å². The summed E-state index contributed by atoms with van der Waals surface area (Å²) in [5, 5.41) is 5.83. The van der Waals surface area contributed by atoms with E-state index in [-0.39, 0.29) is 12.8 Å². The number of benzene rings is 1. The van der Waals surface area contributed by atoms with Gasteiger partial charge in [0.25, 0.3) is 0 Å². The van der Waals surface area contributed by atoms with Crippen molar-refractivity contribution in [2.24, 2.45) is 5.41 Å². The Labute approximate surface area is 179 Å². The molecule has 1 N–H and O–H groups in total. The van der Waals surface area contributed by atoms with E-state index < -0.39 is 29.1 Å². The number of ether oxygens (including phenoxy) is 3. The molecule has 7 nitrogen and oxygen atoms in total. The summed E-state index contributed by atoms with van der Waals surface area (Å²) >= 11 is 1.43. The molecule has 3 atom stereocenters. The number of hydrogen-bond acceptors (Lipinski definition) is 8. The Morgan fingerprint density at radius 3 is 2.77 bits per heavy atom. The van der Waals surface area contributed by atoms with Crippen LogP contribution in [0.3, 0.4) is 0 Å². The third-order valence-corrected chi connectivity index (χ3v) is 6.35. The number of rotatable bonds is 7. The molecule has 160 valence electrons. The van der Waals surface area contributed by atoms with Crippen LogP contribution in [0.4, 0.5) is 10.8 Å². The Balaban J connectivity index is 1.48. The van der Waals surface area contributed by atoms with Crippen LogP contribution < -0.4 is 5.32 Å². The van der Waals surface area contributed by atoms with Crippen molar-refractivity contribution in [2.45, 2.75) is 51.7 Å². The molecule has 2 aliphatic heterocycles.